The van der Waals surface area contributed by atoms with Crippen LogP contribution in [0.4, 0.5) is 0 Å². The fourth-order valence-corrected chi connectivity index (χ4v) is 2.68. The van der Waals surface area contributed by atoms with Gasteiger partial charge in [-0.3, -0.25) is 23.9 Å². The second-order valence-corrected chi connectivity index (χ2v) is 6.83. The van der Waals surface area contributed by atoms with Crippen LogP contribution in [-0.4, -0.2) is 77.5 Å². The number of nitrogens with zero attached hydrogens (tertiary/aromatic N) is 2. The second kappa shape index (κ2) is 10.2. The normalized spacial score (nSPS) is 22.3. The van der Waals surface area contributed by atoms with E-state index in [2.05, 4.69) is 10.3 Å². The molecule has 1 saturated heterocycles. The molecule has 1 heterocycles. The first-order chi connectivity index (χ1) is 11.8. The molecule has 0 saturated carbocycles. The summed E-state index contributed by atoms with van der Waals surface area (Å²) in [5.74, 6) is -4.17. The summed E-state index contributed by atoms with van der Waals surface area (Å²) in [5, 5.41) is 22.4. The number of β-lactam (4-membered cyclic amide) rings is 1. The summed E-state index contributed by atoms with van der Waals surface area (Å²) in [6, 6.07) is -2.50. The van der Waals surface area contributed by atoms with Crippen molar-refractivity contribution in [3.05, 3.63) is 0 Å². The molecule has 0 aromatic heterocycles. The number of hydrogen-bond acceptors (Lipinski definition) is 9. The smallest absolute Gasteiger partial charge is 0.862 e. The van der Waals surface area contributed by atoms with Crippen LogP contribution in [0.1, 0.15) is 19.8 Å². The molecular formula is C12H19KN4O9S. The van der Waals surface area contributed by atoms with Crippen LogP contribution in [0.5, 0.6) is 0 Å². The van der Waals surface area contributed by atoms with Gasteiger partial charge in [-0.05, 0) is 25.7 Å². The van der Waals surface area contributed by atoms with Gasteiger partial charge in [-0.15, -0.1) is 0 Å². The molecule has 1 aliphatic rings. The number of carboxylic acid groups (broad SMARTS) is 1. The monoisotopic (exact) mass is 434 g/mol. The van der Waals surface area contributed by atoms with Crippen LogP contribution in [0.3, 0.4) is 0 Å². The van der Waals surface area contributed by atoms with E-state index in [1.165, 1.54) is 6.92 Å². The molecule has 2 amide bonds. The first-order valence-corrected chi connectivity index (χ1v) is 8.62. The fraction of sp³-hybridized carbons (Fsp3) is 0.667. The summed E-state index contributed by atoms with van der Waals surface area (Å²) in [6.07, 6.45) is -0.466. The van der Waals surface area contributed by atoms with E-state index in [0.717, 1.165) is 7.11 Å². The van der Waals surface area contributed by atoms with Gasteiger partial charge in [-0.25, -0.2) is 4.31 Å². The summed E-state index contributed by atoms with van der Waals surface area (Å²) in [6.45, 7) is 0.582. The Hall–Kier alpha value is -0.654. The molecule has 3 atom stereocenters. The fourth-order valence-electron chi connectivity index (χ4n) is 1.98. The molecule has 0 spiro atoms. The van der Waals surface area contributed by atoms with Gasteiger partial charge in [0.05, 0.1) is 6.54 Å². The molecule has 15 heteroatoms. The number of amides is 2. The predicted molar refractivity (Wildman–Crippen MR) is 82.9 cm³/mol. The van der Waals surface area contributed by atoms with Crippen molar-refractivity contribution < 1.29 is 93.7 Å². The molecule has 5 N–H and O–H groups in total. The van der Waals surface area contributed by atoms with Crippen molar-refractivity contribution in [1.82, 2.24) is 9.62 Å². The summed E-state index contributed by atoms with van der Waals surface area (Å²) >= 11 is 0. The average molecular weight is 434 g/mol. The summed E-state index contributed by atoms with van der Waals surface area (Å²) in [7, 11) is -3.74. The van der Waals surface area contributed by atoms with E-state index in [-0.39, 0.29) is 68.5 Å². The Bertz CT molecular complexity index is 728. The van der Waals surface area contributed by atoms with Gasteiger partial charge in [0.2, 0.25) is 11.6 Å². The Labute approximate surface area is 197 Å². The zero-order chi connectivity index (χ0) is 20.3. The van der Waals surface area contributed by atoms with Gasteiger partial charge in [-0.2, -0.15) is 8.42 Å². The van der Waals surface area contributed by atoms with E-state index in [1.807, 2.05) is 0 Å². The van der Waals surface area contributed by atoms with Gasteiger partial charge in [0, 0.05) is 7.11 Å². The van der Waals surface area contributed by atoms with Gasteiger partial charge < -0.3 is 26.0 Å². The van der Waals surface area contributed by atoms with E-state index in [4.69, 9.17) is 20.1 Å². The predicted octanol–water partition coefficient (Wildman–Crippen LogP) is -6.57. The van der Waals surface area contributed by atoms with Gasteiger partial charge in [-0.1, -0.05) is 0 Å². The van der Waals surface area contributed by atoms with E-state index in [0.29, 0.717) is 0 Å². The molecule has 1 aliphatic heterocycles. The third-order valence-electron chi connectivity index (χ3n) is 3.59. The molecule has 0 aromatic carbocycles. The molecule has 1 rings (SSSR count). The molecule has 0 bridgehead atoms. The van der Waals surface area contributed by atoms with Crippen molar-refractivity contribution in [2.75, 3.05) is 13.7 Å². The maximum Gasteiger partial charge on any atom is 1.00 e. The largest absolute Gasteiger partial charge is 1.00 e. The molecule has 0 radical (unpaired) electrons. The van der Waals surface area contributed by atoms with E-state index >= 15 is 0 Å². The van der Waals surface area contributed by atoms with Crippen LogP contribution < -0.4 is 67.5 Å². The number of carbonyl (C=O) groups excluding carboxylic acids is 2. The van der Waals surface area contributed by atoms with Crippen LogP contribution in [0.15, 0.2) is 4.99 Å². The Balaban J connectivity index is 0.00000676. The number of ether oxygens (including phenoxy) is 1. The summed E-state index contributed by atoms with van der Waals surface area (Å²) in [5.41, 5.74) is 3.25. The minimum atomic E-state index is -4.78. The summed E-state index contributed by atoms with van der Waals surface area (Å²) in [4.78, 5) is 38.0. The van der Waals surface area contributed by atoms with Crippen LogP contribution in [0.25, 0.3) is 0 Å². The van der Waals surface area contributed by atoms with Gasteiger partial charge in [0.15, 0.2) is 0 Å². The zero-order valence-electron chi connectivity index (χ0n) is 14.9. The minimum absolute atomic E-state index is 0. The summed E-state index contributed by atoms with van der Waals surface area (Å²) < 4.78 is 35.7. The first-order valence-electron chi connectivity index (χ1n) is 7.23. The van der Waals surface area contributed by atoms with Crippen molar-refractivity contribution in [3.8, 4) is 0 Å². The number of carbonyl (C=O) groups is 3. The van der Waals surface area contributed by atoms with Crippen molar-refractivity contribution in [1.29, 1.82) is 0 Å². The number of nitrogens with one attached hydrogen (secondary N) is 1. The van der Waals surface area contributed by atoms with Crippen molar-refractivity contribution in [2.45, 2.75) is 37.6 Å². The molecule has 27 heavy (non-hydrogen) atoms. The molecule has 13 nitrogen and oxygen atoms in total. The van der Waals surface area contributed by atoms with Crippen LogP contribution >= 0.6 is 0 Å². The number of aliphatic imine (C=N–C) groups is 1. The van der Waals surface area contributed by atoms with Gasteiger partial charge in [0.1, 0.15) is 12.1 Å². The maximum atomic E-state index is 12.1. The van der Waals surface area contributed by atoms with E-state index in [9.17, 15) is 27.9 Å². The minimum Gasteiger partial charge on any atom is -0.862 e. The third-order valence-corrected chi connectivity index (χ3v) is 4.45. The standard InChI is InChI=1S/C12H20N4O9S.K/c1-6(14-8(17)4-3-7(13)10(19)20)9(18)15-12(25-2)5-16(11(12)21)26(22,23)24;/h6-7H,3-5,13H2,1-2H3,(H,14,17)(H,15,18)(H,19,20)(H,22,23,24);/q;+1/p-1/t6-,7-,12-;/m1./s1. The Kier molecular flexibility index (Phi) is 9.97. The van der Waals surface area contributed by atoms with E-state index in [1.54, 1.807) is 0 Å². The number of methoxy groups -OCH3 is 1. The van der Waals surface area contributed by atoms with Crippen molar-refractivity contribution >= 4 is 34.0 Å². The molecule has 0 aliphatic carbocycles. The maximum absolute atomic E-state index is 12.1. The molecule has 148 valence electrons. The Morgan fingerprint density at radius 3 is 2.48 bits per heavy atom. The molecule has 0 unspecified atom stereocenters. The second-order valence-electron chi connectivity index (χ2n) is 5.49. The van der Waals surface area contributed by atoms with Crippen LogP contribution in [0, 0.1) is 0 Å². The number of hydrogen-bond donors (Lipinski definition) is 4. The Morgan fingerprint density at radius 1 is 1.52 bits per heavy atom. The third kappa shape index (κ3) is 6.72. The molecular weight excluding hydrogens is 415 g/mol. The number of nitrogens with two attached hydrogens (primary N) is 1. The topological polar surface area (TPSA) is 212 Å². The average Bonchev–Trinajstić information content (AvgIpc) is 2.53. The van der Waals surface area contributed by atoms with Crippen molar-refractivity contribution in [2.24, 2.45) is 10.7 Å². The zero-order valence-corrected chi connectivity index (χ0v) is 18.8. The quantitative estimate of drug-likeness (QED) is 0.0672. The van der Waals surface area contributed by atoms with Crippen LogP contribution in [0.2, 0.25) is 0 Å². The number of rotatable bonds is 9. The SMILES string of the molecule is CO[C@]1(NC(=O)[C@@H](C)N=C([O-])CC[C@@H](N)C(=O)O)CN(S(=O)(=O)O)C1=O.[K+]. The first kappa shape index (κ1) is 26.3. The number of carboxylic acids is 1. The van der Waals surface area contributed by atoms with Gasteiger partial charge >= 0.3 is 67.7 Å². The van der Waals surface area contributed by atoms with E-state index < -0.39 is 58.3 Å². The van der Waals surface area contributed by atoms with Crippen LogP contribution in [-0.2, 0) is 29.4 Å². The molecule has 1 fully saturated rings. The molecule has 0 aromatic rings. The van der Waals surface area contributed by atoms with Crippen molar-refractivity contribution in [3.63, 3.8) is 0 Å². The van der Waals surface area contributed by atoms with Gasteiger partial charge in [0.25, 0.3) is 5.91 Å². The Morgan fingerprint density at radius 2 is 2.07 bits per heavy atom. The number of aliphatic carboxylic acids is 1.